The van der Waals surface area contributed by atoms with Gasteiger partial charge in [-0.2, -0.15) is 0 Å². The number of benzene rings is 9. The summed E-state index contributed by atoms with van der Waals surface area (Å²) >= 11 is 0. The molecule has 2 heteroatoms. The summed E-state index contributed by atoms with van der Waals surface area (Å²) in [5, 5.41) is 10.4. The monoisotopic (exact) mass is 599 g/mol. The highest BCUT2D eigenvalue weighted by Crippen LogP contribution is 2.47. The van der Waals surface area contributed by atoms with Gasteiger partial charge in [0.1, 0.15) is 0 Å². The first kappa shape index (κ1) is 28.6. The van der Waals surface area contributed by atoms with Gasteiger partial charge in [0, 0.05) is 22.1 Å². The van der Waals surface area contributed by atoms with E-state index in [-0.39, 0.29) is 14.1 Å². The fraction of sp³-hybridized carbons (Fsp3) is 0.0222. The third-order valence-electron chi connectivity index (χ3n) is 9.51. The lowest BCUT2D eigenvalue weighted by Crippen LogP contribution is -2.52. The smallest absolute Gasteiger partial charge is 0.241 e. The zero-order valence-electron chi connectivity index (χ0n) is 25.3. The molecular formula is C45H34BN. The van der Waals surface area contributed by atoms with E-state index in [1.165, 1.54) is 65.2 Å². The molecule has 0 aliphatic carbocycles. The van der Waals surface area contributed by atoms with E-state index in [4.69, 9.17) is 0 Å². The van der Waals surface area contributed by atoms with Gasteiger partial charge in [0.15, 0.2) is 0 Å². The van der Waals surface area contributed by atoms with E-state index in [0.29, 0.717) is 0 Å². The number of rotatable bonds is 6. The fourth-order valence-corrected chi connectivity index (χ4v) is 7.57. The van der Waals surface area contributed by atoms with Crippen LogP contribution < -0.4 is 21.3 Å². The van der Waals surface area contributed by atoms with Crippen molar-refractivity contribution in [2.24, 2.45) is 0 Å². The van der Waals surface area contributed by atoms with Gasteiger partial charge in [0.25, 0.3) is 0 Å². The summed E-state index contributed by atoms with van der Waals surface area (Å²) < 4.78 is 0. The molecule has 0 aliphatic rings. The molecule has 47 heavy (non-hydrogen) atoms. The van der Waals surface area contributed by atoms with E-state index < -0.39 is 0 Å². The predicted octanol–water partition coefficient (Wildman–Crippen LogP) is 10.4. The van der Waals surface area contributed by atoms with Crippen LogP contribution in [0.3, 0.4) is 0 Å². The average Bonchev–Trinajstić information content (AvgIpc) is 3.13. The first-order valence-electron chi connectivity index (χ1n) is 16.0. The third kappa shape index (κ3) is 4.64. The Bertz CT molecular complexity index is 2380. The second kappa shape index (κ2) is 11.8. The molecule has 1 nitrogen and oxygen atoms in total. The summed E-state index contributed by atoms with van der Waals surface area (Å²) in [4.78, 5) is 2.41. The Morgan fingerprint density at radius 2 is 0.809 bits per heavy atom. The molecule has 0 saturated heterocycles. The van der Waals surface area contributed by atoms with Crippen LogP contribution in [-0.4, -0.2) is 6.71 Å². The van der Waals surface area contributed by atoms with Gasteiger partial charge >= 0.3 is 0 Å². The fourth-order valence-electron chi connectivity index (χ4n) is 7.57. The van der Waals surface area contributed by atoms with Crippen LogP contribution in [0.25, 0.3) is 43.1 Å². The van der Waals surface area contributed by atoms with Gasteiger partial charge < -0.3 is 4.90 Å². The van der Waals surface area contributed by atoms with Crippen LogP contribution in [-0.2, 0) is 0 Å². The van der Waals surface area contributed by atoms with Crippen molar-refractivity contribution in [1.29, 1.82) is 0 Å². The van der Waals surface area contributed by atoms with Crippen molar-refractivity contribution in [1.82, 2.24) is 0 Å². The largest absolute Gasteiger partial charge is 0.310 e. The molecule has 0 aromatic heterocycles. The highest BCUT2D eigenvalue weighted by molar-refractivity contribution is 6.97. The molecule has 0 radical (unpaired) electrons. The molecule has 0 heterocycles. The summed E-state index contributed by atoms with van der Waals surface area (Å²) in [6, 6.07) is 66.4. The lowest BCUT2D eigenvalue weighted by Gasteiger charge is -2.29. The van der Waals surface area contributed by atoms with Gasteiger partial charge in [-0.1, -0.05) is 175 Å². The number of fused-ring (bicyclic) bond motifs is 3. The Hall–Kier alpha value is -5.86. The average molecular weight is 600 g/mol. The topological polar surface area (TPSA) is 3.24 Å². The van der Waals surface area contributed by atoms with Crippen molar-refractivity contribution in [3.05, 3.63) is 182 Å². The quantitative estimate of drug-likeness (QED) is 0.104. The van der Waals surface area contributed by atoms with Crippen molar-refractivity contribution in [2.75, 3.05) is 4.90 Å². The SMILES string of the molecule is C.c1ccc(B(c2ccccc2)c2ccc3c4ccccc4c4c(N(c5ccccc5)c5ccccc5)ccc5ccc2c3c54)cc1. The van der Waals surface area contributed by atoms with Gasteiger partial charge in [-0.3, -0.25) is 0 Å². The lowest BCUT2D eigenvalue weighted by atomic mass is 9.36. The number of hydrogen-bond donors (Lipinski definition) is 0. The second-order valence-electron chi connectivity index (χ2n) is 12.1. The Morgan fingerprint density at radius 3 is 1.40 bits per heavy atom. The number of nitrogens with zero attached hydrogens (tertiary/aromatic N) is 1. The molecule has 0 aliphatic heterocycles. The van der Waals surface area contributed by atoms with E-state index in [1.54, 1.807) is 0 Å². The molecule has 222 valence electrons. The van der Waals surface area contributed by atoms with Crippen molar-refractivity contribution >= 4 is 83.3 Å². The van der Waals surface area contributed by atoms with E-state index in [1.807, 2.05) is 0 Å². The maximum Gasteiger partial charge on any atom is 0.241 e. The van der Waals surface area contributed by atoms with E-state index in [2.05, 4.69) is 187 Å². The number of anilines is 3. The first-order valence-corrected chi connectivity index (χ1v) is 16.0. The summed E-state index contributed by atoms with van der Waals surface area (Å²) in [5.74, 6) is 0. The minimum Gasteiger partial charge on any atom is -0.310 e. The Kier molecular flexibility index (Phi) is 7.19. The van der Waals surface area contributed by atoms with Crippen molar-refractivity contribution in [3.8, 4) is 0 Å². The van der Waals surface area contributed by atoms with Crippen LogP contribution in [0.5, 0.6) is 0 Å². The zero-order chi connectivity index (χ0) is 30.5. The Labute approximate surface area is 276 Å². The third-order valence-corrected chi connectivity index (χ3v) is 9.51. The van der Waals surface area contributed by atoms with Gasteiger partial charge in [0.2, 0.25) is 6.71 Å². The molecule has 0 bridgehead atoms. The molecule has 9 aromatic rings. The maximum atomic E-state index is 2.41. The molecule has 0 amide bonds. The zero-order valence-corrected chi connectivity index (χ0v) is 25.3. The molecular weight excluding hydrogens is 565 g/mol. The highest BCUT2D eigenvalue weighted by atomic mass is 15.1. The van der Waals surface area contributed by atoms with E-state index >= 15 is 0 Å². The molecule has 0 atom stereocenters. The van der Waals surface area contributed by atoms with Crippen LogP contribution in [0.4, 0.5) is 17.1 Å². The molecule has 0 spiro atoms. The van der Waals surface area contributed by atoms with Crippen LogP contribution in [0.1, 0.15) is 7.43 Å². The molecule has 9 rings (SSSR count). The van der Waals surface area contributed by atoms with E-state index in [0.717, 1.165) is 11.4 Å². The minimum atomic E-state index is 0. The van der Waals surface area contributed by atoms with Crippen molar-refractivity contribution in [3.63, 3.8) is 0 Å². The highest BCUT2D eigenvalue weighted by Gasteiger charge is 2.26. The number of para-hydroxylation sites is 2. The van der Waals surface area contributed by atoms with Crippen LogP contribution >= 0.6 is 0 Å². The number of hydrogen-bond acceptors (Lipinski definition) is 1. The summed E-state index contributed by atoms with van der Waals surface area (Å²) in [5.41, 5.74) is 7.39. The summed E-state index contributed by atoms with van der Waals surface area (Å²) in [6.07, 6.45) is 0. The molecule has 0 N–H and O–H groups in total. The molecule has 0 saturated carbocycles. The minimum absolute atomic E-state index is 0. The standard InChI is InChI=1S/C44H30BN.CH4/c1-5-15-32(16-6-1)45(33-17-7-2-8-18-33)40-29-28-38-36-23-13-14-24-37(36)44-41(30-26-31-25-27-39(40)43(38)42(31)44)46(34-19-9-3-10-20-34)35-21-11-4-12-22-35;/h1-30H;1H4. The summed E-state index contributed by atoms with van der Waals surface area (Å²) in [6.45, 7) is 0.114. The normalized spacial score (nSPS) is 11.2. The summed E-state index contributed by atoms with van der Waals surface area (Å²) in [7, 11) is 0. The van der Waals surface area contributed by atoms with Gasteiger partial charge in [-0.25, -0.2) is 0 Å². The van der Waals surface area contributed by atoms with Crippen LogP contribution in [0, 0.1) is 0 Å². The van der Waals surface area contributed by atoms with Crippen molar-refractivity contribution in [2.45, 2.75) is 7.43 Å². The van der Waals surface area contributed by atoms with Crippen LogP contribution in [0.15, 0.2) is 182 Å². The molecule has 0 fully saturated rings. The Balaban J connectivity index is 0.00000324. The first-order chi connectivity index (χ1) is 22.9. The molecule has 0 unspecified atom stereocenters. The van der Waals surface area contributed by atoms with Crippen LogP contribution in [0.2, 0.25) is 0 Å². The lowest BCUT2D eigenvalue weighted by molar-refractivity contribution is 1.30. The molecule has 9 aromatic carbocycles. The maximum absolute atomic E-state index is 2.41. The van der Waals surface area contributed by atoms with Gasteiger partial charge in [-0.05, 0) is 62.6 Å². The van der Waals surface area contributed by atoms with Gasteiger partial charge in [-0.15, -0.1) is 0 Å². The van der Waals surface area contributed by atoms with E-state index in [9.17, 15) is 0 Å². The van der Waals surface area contributed by atoms with Crippen molar-refractivity contribution < 1.29 is 0 Å². The predicted molar refractivity (Wildman–Crippen MR) is 207 cm³/mol. The van der Waals surface area contributed by atoms with Gasteiger partial charge in [0.05, 0.1) is 5.69 Å². The Morgan fingerprint density at radius 1 is 0.340 bits per heavy atom. The second-order valence-corrected chi connectivity index (χ2v) is 12.1.